The zero-order chi connectivity index (χ0) is 25.7. The van der Waals surface area contributed by atoms with Gasteiger partial charge in [-0.2, -0.15) is 0 Å². The first-order chi connectivity index (χ1) is 15.8. The van der Waals surface area contributed by atoms with Gasteiger partial charge >= 0.3 is 18.0 Å². The summed E-state index contributed by atoms with van der Waals surface area (Å²) in [6.07, 6.45) is -0.284. The molecule has 0 saturated carbocycles. The zero-order valence-electron chi connectivity index (χ0n) is 21.8. The van der Waals surface area contributed by atoms with Gasteiger partial charge in [-0.05, 0) is 66.5 Å². The predicted molar refractivity (Wildman–Crippen MR) is 129 cm³/mol. The van der Waals surface area contributed by atoms with Crippen molar-refractivity contribution in [2.45, 2.75) is 85.0 Å². The van der Waals surface area contributed by atoms with Crippen molar-refractivity contribution in [3.63, 3.8) is 0 Å². The molecule has 1 fully saturated rings. The highest BCUT2D eigenvalue weighted by atomic mass is 16.6. The Kier molecular flexibility index (Phi) is 9.11. The Bertz CT molecular complexity index is 831. The standard InChI is InChI=1S/C26H40N2O6/c1-9-32-22(29)26(8,23(30)33-10-2)21-13-11-20(12-14-21)17-27-15-18(3)28(19(4)16-27)24(31)34-25(5,6)7/h11-14,18-19H,9-10,15-17H2,1-8H3/t18-,19+. The summed E-state index contributed by atoms with van der Waals surface area (Å²) in [6.45, 7) is 17.1. The molecule has 1 heterocycles. The molecule has 8 heteroatoms. The summed E-state index contributed by atoms with van der Waals surface area (Å²) in [5.74, 6) is -1.25. The van der Waals surface area contributed by atoms with Crippen LogP contribution in [0.5, 0.6) is 0 Å². The number of carbonyl (C=O) groups is 3. The van der Waals surface area contributed by atoms with Gasteiger partial charge in [-0.3, -0.25) is 14.5 Å². The summed E-state index contributed by atoms with van der Waals surface area (Å²) in [7, 11) is 0. The summed E-state index contributed by atoms with van der Waals surface area (Å²) in [5.41, 5.74) is -0.475. The van der Waals surface area contributed by atoms with Crippen LogP contribution in [0, 0.1) is 0 Å². The van der Waals surface area contributed by atoms with Crippen LogP contribution >= 0.6 is 0 Å². The highest BCUT2D eigenvalue weighted by molar-refractivity contribution is 6.05. The highest BCUT2D eigenvalue weighted by Gasteiger charge is 2.46. The van der Waals surface area contributed by atoms with Crippen molar-refractivity contribution in [2.75, 3.05) is 26.3 Å². The second-order valence-corrected chi connectivity index (χ2v) is 10.0. The molecule has 1 aliphatic heterocycles. The number of benzene rings is 1. The van der Waals surface area contributed by atoms with E-state index in [1.807, 2.05) is 51.7 Å². The first-order valence-corrected chi connectivity index (χ1v) is 12.0. The number of ether oxygens (including phenoxy) is 3. The number of nitrogens with zero attached hydrogens (tertiary/aromatic N) is 2. The van der Waals surface area contributed by atoms with Crippen LogP contribution in [0.15, 0.2) is 24.3 Å². The van der Waals surface area contributed by atoms with Gasteiger partial charge in [-0.25, -0.2) is 4.79 Å². The molecule has 0 N–H and O–H groups in total. The molecule has 1 saturated heterocycles. The predicted octanol–water partition coefficient (Wildman–Crippen LogP) is 3.90. The number of amides is 1. The number of rotatable bonds is 7. The van der Waals surface area contributed by atoms with Crippen LogP contribution in [0.4, 0.5) is 4.79 Å². The lowest BCUT2D eigenvalue weighted by Crippen LogP contribution is -2.59. The fourth-order valence-electron chi connectivity index (χ4n) is 4.31. The van der Waals surface area contributed by atoms with Crippen LogP contribution < -0.4 is 0 Å². The molecule has 2 rings (SSSR count). The van der Waals surface area contributed by atoms with E-state index in [1.165, 1.54) is 6.92 Å². The molecule has 1 aromatic rings. The fraction of sp³-hybridized carbons (Fsp3) is 0.654. The molecule has 0 unspecified atom stereocenters. The number of hydrogen-bond donors (Lipinski definition) is 0. The van der Waals surface area contributed by atoms with E-state index in [0.717, 1.165) is 5.56 Å². The van der Waals surface area contributed by atoms with Gasteiger partial charge < -0.3 is 19.1 Å². The molecule has 0 radical (unpaired) electrons. The van der Waals surface area contributed by atoms with Crippen molar-refractivity contribution in [3.8, 4) is 0 Å². The van der Waals surface area contributed by atoms with Gasteiger partial charge in [0.1, 0.15) is 5.60 Å². The molecular formula is C26H40N2O6. The van der Waals surface area contributed by atoms with E-state index in [4.69, 9.17) is 14.2 Å². The Balaban J connectivity index is 2.13. The van der Waals surface area contributed by atoms with Crippen LogP contribution in [-0.2, 0) is 35.8 Å². The van der Waals surface area contributed by atoms with E-state index in [1.54, 1.807) is 26.0 Å². The van der Waals surface area contributed by atoms with Crippen molar-refractivity contribution >= 4 is 18.0 Å². The highest BCUT2D eigenvalue weighted by Crippen LogP contribution is 2.29. The second-order valence-electron chi connectivity index (χ2n) is 10.0. The van der Waals surface area contributed by atoms with Gasteiger partial charge in [0.15, 0.2) is 5.41 Å². The third-order valence-corrected chi connectivity index (χ3v) is 5.90. The molecular weight excluding hydrogens is 436 g/mol. The molecule has 8 nitrogen and oxygen atoms in total. The first-order valence-electron chi connectivity index (χ1n) is 12.0. The SMILES string of the molecule is CCOC(=O)C(C)(C(=O)OCC)c1ccc(CN2C[C@@H](C)N(C(=O)OC(C)(C)C)[C@@H](C)C2)cc1. The quantitative estimate of drug-likeness (QED) is 0.335. The van der Waals surface area contributed by atoms with Gasteiger partial charge in [0.2, 0.25) is 0 Å². The Morgan fingerprint density at radius 2 is 1.35 bits per heavy atom. The minimum atomic E-state index is -1.52. The number of carbonyl (C=O) groups excluding carboxylic acids is 3. The summed E-state index contributed by atoms with van der Waals surface area (Å²) >= 11 is 0. The smallest absolute Gasteiger partial charge is 0.410 e. The van der Waals surface area contributed by atoms with Crippen LogP contribution in [-0.4, -0.2) is 71.8 Å². The van der Waals surface area contributed by atoms with Crippen molar-refractivity contribution in [1.29, 1.82) is 0 Å². The molecule has 190 valence electrons. The lowest BCUT2D eigenvalue weighted by atomic mass is 9.82. The summed E-state index contributed by atoms with van der Waals surface area (Å²) in [5, 5.41) is 0. The molecule has 0 bridgehead atoms. The maximum Gasteiger partial charge on any atom is 0.410 e. The van der Waals surface area contributed by atoms with Crippen LogP contribution in [0.1, 0.15) is 66.5 Å². The minimum Gasteiger partial charge on any atom is -0.465 e. The van der Waals surface area contributed by atoms with Crippen molar-refractivity contribution in [3.05, 3.63) is 35.4 Å². The topological polar surface area (TPSA) is 85.4 Å². The average Bonchev–Trinajstić information content (AvgIpc) is 2.72. The zero-order valence-corrected chi connectivity index (χ0v) is 21.8. The van der Waals surface area contributed by atoms with E-state index >= 15 is 0 Å². The Morgan fingerprint density at radius 3 is 1.76 bits per heavy atom. The minimum absolute atomic E-state index is 0.00814. The lowest BCUT2D eigenvalue weighted by Gasteiger charge is -2.44. The lowest BCUT2D eigenvalue weighted by molar-refractivity contribution is -0.163. The van der Waals surface area contributed by atoms with E-state index in [2.05, 4.69) is 4.90 Å². The van der Waals surface area contributed by atoms with E-state index < -0.39 is 23.0 Å². The molecule has 1 amide bonds. The van der Waals surface area contributed by atoms with Gasteiger partial charge in [0.25, 0.3) is 0 Å². The number of esters is 2. The Morgan fingerprint density at radius 1 is 0.882 bits per heavy atom. The van der Waals surface area contributed by atoms with Gasteiger partial charge in [-0.15, -0.1) is 0 Å². The van der Waals surface area contributed by atoms with Crippen molar-refractivity contribution in [2.24, 2.45) is 0 Å². The largest absolute Gasteiger partial charge is 0.465 e. The Hall–Kier alpha value is -2.61. The van der Waals surface area contributed by atoms with E-state index in [0.29, 0.717) is 25.2 Å². The number of hydrogen-bond acceptors (Lipinski definition) is 7. The molecule has 34 heavy (non-hydrogen) atoms. The molecule has 0 aromatic heterocycles. The monoisotopic (exact) mass is 476 g/mol. The number of piperazine rings is 1. The van der Waals surface area contributed by atoms with E-state index in [-0.39, 0.29) is 31.4 Å². The third-order valence-electron chi connectivity index (χ3n) is 5.90. The molecule has 2 atom stereocenters. The van der Waals surface area contributed by atoms with Gasteiger partial charge in [-0.1, -0.05) is 24.3 Å². The summed E-state index contributed by atoms with van der Waals surface area (Å²) < 4.78 is 15.9. The van der Waals surface area contributed by atoms with Crippen molar-refractivity contribution in [1.82, 2.24) is 9.80 Å². The first kappa shape index (κ1) is 27.6. The molecule has 0 aliphatic carbocycles. The van der Waals surface area contributed by atoms with Crippen LogP contribution in [0.2, 0.25) is 0 Å². The molecule has 1 aromatic carbocycles. The second kappa shape index (κ2) is 11.2. The summed E-state index contributed by atoms with van der Waals surface area (Å²) in [4.78, 5) is 42.1. The molecule has 0 spiro atoms. The van der Waals surface area contributed by atoms with E-state index in [9.17, 15) is 14.4 Å². The Labute approximate surface area is 203 Å². The van der Waals surface area contributed by atoms with Gasteiger partial charge in [0.05, 0.1) is 13.2 Å². The van der Waals surface area contributed by atoms with Gasteiger partial charge in [0, 0.05) is 31.7 Å². The molecule has 1 aliphatic rings. The summed E-state index contributed by atoms with van der Waals surface area (Å²) in [6, 6.07) is 7.42. The maximum atomic E-state index is 12.7. The average molecular weight is 477 g/mol. The fourth-order valence-corrected chi connectivity index (χ4v) is 4.31. The maximum absolute atomic E-state index is 12.7. The van der Waals surface area contributed by atoms with Crippen LogP contribution in [0.3, 0.4) is 0 Å². The normalized spacial score (nSPS) is 19.5. The van der Waals surface area contributed by atoms with Crippen molar-refractivity contribution < 1.29 is 28.6 Å². The third kappa shape index (κ3) is 6.50. The van der Waals surface area contributed by atoms with Crippen LogP contribution in [0.25, 0.3) is 0 Å².